The van der Waals surface area contributed by atoms with Crippen LogP contribution in [-0.4, -0.2) is 20.7 Å². The second-order valence-electron chi connectivity index (χ2n) is 7.93. The molecule has 0 fully saturated rings. The van der Waals surface area contributed by atoms with Crippen LogP contribution in [0.2, 0.25) is 0 Å². The number of hydrogen-bond donors (Lipinski definition) is 0. The van der Waals surface area contributed by atoms with Gasteiger partial charge in [-0.1, -0.05) is 39.8 Å². The van der Waals surface area contributed by atoms with Gasteiger partial charge in [0.15, 0.2) is 0 Å². The van der Waals surface area contributed by atoms with Crippen molar-refractivity contribution in [3.63, 3.8) is 0 Å². The Bertz CT molecular complexity index is 918. The van der Waals surface area contributed by atoms with Gasteiger partial charge >= 0.3 is 0 Å². The van der Waals surface area contributed by atoms with Crippen LogP contribution in [0.1, 0.15) is 61.8 Å². The van der Waals surface area contributed by atoms with Crippen LogP contribution in [0.15, 0.2) is 42.6 Å². The van der Waals surface area contributed by atoms with Crippen LogP contribution in [0, 0.1) is 12.3 Å². The SMILES string of the molecule is Cc1cccc(C(C)c2ccc3c(cnn3C(=O)CC(C)(C)C)c2)n1. The van der Waals surface area contributed by atoms with Crippen molar-refractivity contribution in [3.8, 4) is 0 Å². The number of pyridine rings is 1. The van der Waals surface area contributed by atoms with Crippen molar-refractivity contribution in [3.05, 3.63) is 59.5 Å². The van der Waals surface area contributed by atoms with E-state index in [1.54, 1.807) is 6.20 Å². The Balaban J connectivity index is 1.93. The summed E-state index contributed by atoms with van der Waals surface area (Å²) in [6.45, 7) is 10.3. The van der Waals surface area contributed by atoms with E-state index in [4.69, 9.17) is 0 Å². The molecule has 1 aromatic carbocycles. The maximum atomic E-state index is 12.5. The minimum absolute atomic E-state index is 0.0312. The van der Waals surface area contributed by atoms with Gasteiger partial charge in [0.2, 0.25) is 5.91 Å². The van der Waals surface area contributed by atoms with E-state index < -0.39 is 0 Å². The molecule has 1 unspecified atom stereocenters. The zero-order chi connectivity index (χ0) is 18.2. The van der Waals surface area contributed by atoms with Gasteiger partial charge in [-0.25, -0.2) is 4.68 Å². The minimum atomic E-state index is -0.0549. The maximum Gasteiger partial charge on any atom is 0.247 e. The van der Waals surface area contributed by atoms with Gasteiger partial charge in [0, 0.05) is 29.1 Å². The van der Waals surface area contributed by atoms with E-state index in [-0.39, 0.29) is 17.2 Å². The monoisotopic (exact) mass is 335 g/mol. The summed E-state index contributed by atoms with van der Waals surface area (Å²) in [5, 5.41) is 5.30. The normalized spacial score (nSPS) is 13.2. The molecular formula is C21H25N3O. The Morgan fingerprint density at radius 3 is 2.64 bits per heavy atom. The van der Waals surface area contributed by atoms with Gasteiger partial charge in [0.25, 0.3) is 0 Å². The fraction of sp³-hybridized carbons (Fsp3) is 0.381. The average molecular weight is 335 g/mol. The average Bonchev–Trinajstić information content (AvgIpc) is 2.95. The molecular weight excluding hydrogens is 310 g/mol. The lowest BCUT2D eigenvalue weighted by Crippen LogP contribution is -2.19. The molecule has 1 atom stereocenters. The smallest absolute Gasteiger partial charge is 0.247 e. The molecule has 2 heterocycles. The quantitative estimate of drug-likeness (QED) is 0.679. The Hall–Kier alpha value is -2.49. The number of aryl methyl sites for hydroxylation is 1. The Morgan fingerprint density at radius 2 is 1.96 bits per heavy atom. The molecule has 0 aliphatic carbocycles. The van der Waals surface area contributed by atoms with Crippen molar-refractivity contribution < 1.29 is 4.79 Å². The molecule has 0 aliphatic rings. The van der Waals surface area contributed by atoms with Gasteiger partial charge in [-0.15, -0.1) is 0 Å². The molecule has 25 heavy (non-hydrogen) atoms. The van der Waals surface area contributed by atoms with Gasteiger partial charge in [0.05, 0.1) is 11.7 Å². The first kappa shape index (κ1) is 17.3. The molecule has 3 aromatic rings. The second kappa shape index (κ2) is 6.43. The lowest BCUT2D eigenvalue weighted by Gasteiger charge is -2.16. The molecule has 4 heteroatoms. The highest BCUT2D eigenvalue weighted by molar-refractivity contribution is 5.91. The number of benzene rings is 1. The Kier molecular flexibility index (Phi) is 4.46. The highest BCUT2D eigenvalue weighted by Crippen LogP contribution is 2.27. The molecule has 0 saturated carbocycles. The van der Waals surface area contributed by atoms with Crippen LogP contribution in [0.3, 0.4) is 0 Å². The fourth-order valence-electron chi connectivity index (χ4n) is 3.02. The molecule has 0 aliphatic heterocycles. The van der Waals surface area contributed by atoms with Gasteiger partial charge in [0.1, 0.15) is 0 Å². The first-order valence-corrected chi connectivity index (χ1v) is 8.69. The van der Waals surface area contributed by atoms with Crippen LogP contribution in [-0.2, 0) is 0 Å². The van der Waals surface area contributed by atoms with E-state index in [1.807, 2.05) is 25.1 Å². The maximum absolute atomic E-state index is 12.5. The second-order valence-corrected chi connectivity index (χ2v) is 7.93. The van der Waals surface area contributed by atoms with Crippen molar-refractivity contribution in [2.24, 2.45) is 5.41 Å². The summed E-state index contributed by atoms with van der Waals surface area (Å²) in [6.07, 6.45) is 2.24. The summed E-state index contributed by atoms with van der Waals surface area (Å²) in [5.74, 6) is 0.224. The molecule has 0 saturated heterocycles. The van der Waals surface area contributed by atoms with Gasteiger partial charge < -0.3 is 0 Å². The Morgan fingerprint density at radius 1 is 1.20 bits per heavy atom. The summed E-state index contributed by atoms with van der Waals surface area (Å²) in [4.78, 5) is 17.1. The zero-order valence-electron chi connectivity index (χ0n) is 15.6. The fourth-order valence-corrected chi connectivity index (χ4v) is 3.02. The molecule has 3 rings (SSSR count). The molecule has 4 nitrogen and oxygen atoms in total. The van der Waals surface area contributed by atoms with Gasteiger partial charge in [-0.05, 0) is 42.2 Å². The highest BCUT2D eigenvalue weighted by atomic mass is 16.2. The van der Waals surface area contributed by atoms with Crippen LogP contribution in [0.25, 0.3) is 10.9 Å². The first-order valence-electron chi connectivity index (χ1n) is 8.69. The molecule has 0 bridgehead atoms. The number of rotatable bonds is 3. The third-order valence-electron chi connectivity index (χ3n) is 4.36. The molecule has 2 aromatic heterocycles. The van der Waals surface area contributed by atoms with E-state index in [2.05, 4.69) is 56.0 Å². The minimum Gasteiger partial charge on any atom is -0.273 e. The number of fused-ring (bicyclic) bond motifs is 1. The van der Waals surface area contributed by atoms with Crippen LogP contribution < -0.4 is 0 Å². The topological polar surface area (TPSA) is 47.8 Å². The van der Waals surface area contributed by atoms with Gasteiger partial charge in [-0.2, -0.15) is 5.10 Å². The largest absolute Gasteiger partial charge is 0.273 e. The highest BCUT2D eigenvalue weighted by Gasteiger charge is 2.20. The van der Waals surface area contributed by atoms with Crippen LogP contribution >= 0.6 is 0 Å². The van der Waals surface area contributed by atoms with Crippen molar-refractivity contribution in [1.29, 1.82) is 0 Å². The summed E-state index contributed by atoms with van der Waals surface area (Å²) in [7, 11) is 0. The van der Waals surface area contributed by atoms with E-state index >= 15 is 0 Å². The summed E-state index contributed by atoms with van der Waals surface area (Å²) >= 11 is 0. The lowest BCUT2D eigenvalue weighted by atomic mass is 9.92. The summed E-state index contributed by atoms with van der Waals surface area (Å²) < 4.78 is 1.53. The van der Waals surface area contributed by atoms with Crippen LogP contribution in [0.5, 0.6) is 0 Å². The van der Waals surface area contributed by atoms with E-state index in [1.165, 1.54) is 10.2 Å². The van der Waals surface area contributed by atoms with E-state index in [0.29, 0.717) is 6.42 Å². The third kappa shape index (κ3) is 3.78. The number of carbonyl (C=O) groups is 1. The van der Waals surface area contributed by atoms with Crippen molar-refractivity contribution in [2.45, 2.75) is 47.0 Å². The van der Waals surface area contributed by atoms with E-state index in [0.717, 1.165) is 22.3 Å². The number of nitrogens with zero attached hydrogens (tertiary/aromatic N) is 3. The zero-order valence-corrected chi connectivity index (χ0v) is 15.6. The number of carbonyl (C=O) groups excluding carboxylic acids is 1. The van der Waals surface area contributed by atoms with Gasteiger partial charge in [-0.3, -0.25) is 9.78 Å². The van der Waals surface area contributed by atoms with Crippen molar-refractivity contribution >= 4 is 16.8 Å². The first-order chi connectivity index (χ1) is 11.7. The predicted molar refractivity (Wildman–Crippen MR) is 101 cm³/mol. The predicted octanol–water partition coefficient (Wildman–Crippen LogP) is 4.97. The Labute approximate surface area is 148 Å². The summed E-state index contributed by atoms with van der Waals surface area (Å²) in [5.41, 5.74) is 4.05. The lowest BCUT2D eigenvalue weighted by molar-refractivity contribution is 0.0846. The van der Waals surface area contributed by atoms with Crippen LogP contribution in [0.4, 0.5) is 0 Å². The third-order valence-corrected chi connectivity index (χ3v) is 4.36. The molecule has 0 amide bonds. The molecule has 0 N–H and O–H groups in total. The molecule has 0 radical (unpaired) electrons. The standard InChI is InChI=1S/C21H25N3O/c1-14-7-6-8-18(23-14)15(2)16-9-10-19-17(11-16)13-22-24(19)20(25)12-21(3,4)5/h6-11,13,15H,12H2,1-5H3. The van der Waals surface area contributed by atoms with Crippen molar-refractivity contribution in [1.82, 2.24) is 14.8 Å². The van der Waals surface area contributed by atoms with E-state index in [9.17, 15) is 4.79 Å². The summed E-state index contributed by atoms with van der Waals surface area (Å²) in [6, 6.07) is 12.3. The molecule has 0 spiro atoms. The molecule has 130 valence electrons. The number of aromatic nitrogens is 3. The van der Waals surface area contributed by atoms with Crippen molar-refractivity contribution in [2.75, 3.05) is 0 Å². The number of hydrogen-bond acceptors (Lipinski definition) is 3.